The lowest BCUT2D eigenvalue weighted by Crippen LogP contribution is -1.99. The van der Waals surface area contributed by atoms with Crippen LogP contribution in [0.3, 0.4) is 0 Å². The predicted octanol–water partition coefficient (Wildman–Crippen LogP) is 4.07. The van der Waals surface area contributed by atoms with Gasteiger partial charge in [-0.25, -0.2) is 4.39 Å². The summed E-state index contributed by atoms with van der Waals surface area (Å²) in [6, 6.07) is 9.41. The first-order valence-electron chi connectivity index (χ1n) is 5.43. The molecule has 4 heteroatoms. The summed E-state index contributed by atoms with van der Waals surface area (Å²) in [6.07, 6.45) is 0. The van der Waals surface area contributed by atoms with Crippen LogP contribution < -0.4 is 4.74 Å². The Balaban J connectivity index is 2.14. The minimum atomic E-state index is -0.402. The van der Waals surface area contributed by atoms with E-state index in [0.29, 0.717) is 21.9 Å². The Morgan fingerprint density at radius 1 is 1.28 bits per heavy atom. The highest BCUT2D eigenvalue weighted by atomic mass is 35.5. The molecule has 1 N–H and O–H groups in total. The van der Waals surface area contributed by atoms with E-state index < -0.39 is 5.82 Å². The van der Waals surface area contributed by atoms with Crippen molar-refractivity contribution in [3.8, 4) is 11.5 Å². The minimum Gasteiger partial charge on any atom is -0.508 e. The van der Waals surface area contributed by atoms with Crippen LogP contribution in [0.5, 0.6) is 11.5 Å². The first-order valence-corrected chi connectivity index (χ1v) is 5.81. The van der Waals surface area contributed by atoms with E-state index in [1.54, 1.807) is 37.3 Å². The van der Waals surface area contributed by atoms with Crippen LogP contribution in [0.4, 0.5) is 4.39 Å². The molecule has 0 saturated heterocycles. The van der Waals surface area contributed by atoms with Gasteiger partial charge in [0.15, 0.2) is 0 Å². The third kappa shape index (κ3) is 2.74. The van der Waals surface area contributed by atoms with Gasteiger partial charge in [-0.05, 0) is 31.2 Å². The normalized spacial score (nSPS) is 10.4. The van der Waals surface area contributed by atoms with Crippen LogP contribution in [0.25, 0.3) is 0 Å². The summed E-state index contributed by atoms with van der Waals surface area (Å²) in [6.45, 7) is 1.83. The molecule has 2 rings (SSSR count). The molecular weight excluding hydrogens is 255 g/mol. The van der Waals surface area contributed by atoms with Crippen molar-refractivity contribution in [2.45, 2.75) is 13.5 Å². The fourth-order valence-corrected chi connectivity index (χ4v) is 1.71. The molecule has 18 heavy (non-hydrogen) atoms. The molecule has 0 amide bonds. The van der Waals surface area contributed by atoms with E-state index in [1.807, 2.05) is 0 Å². The molecule has 0 aliphatic rings. The number of ether oxygens (including phenoxy) is 1. The molecule has 0 spiro atoms. The number of halogens is 2. The minimum absolute atomic E-state index is 0.0906. The number of phenols is 1. The van der Waals surface area contributed by atoms with Crippen molar-refractivity contribution in [2.75, 3.05) is 0 Å². The van der Waals surface area contributed by atoms with Gasteiger partial charge in [-0.1, -0.05) is 23.7 Å². The van der Waals surface area contributed by atoms with Gasteiger partial charge in [0.2, 0.25) is 0 Å². The third-order valence-electron chi connectivity index (χ3n) is 2.65. The van der Waals surface area contributed by atoms with Gasteiger partial charge in [0.1, 0.15) is 23.9 Å². The van der Waals surface area contributed by atoms with Crippen LogP contribution in [0.1, 0.15) is 11.1 Å². The van der Waals surface area contributed by atoms with E-state index in [0.717, 1.165) is 0 Å². The van der Waals surface area contributed by atoms with E-state index in [-0.39, 0.29) is 12.4 Å². The molecule has 2 aromatic carbocycles. The van der Waals surface area contributed by atoms with Crippen LogP contribution in [-0.2, 0) is 6.61 Å². The second kappa shape index (κ2) is 5.27. The van der Waals surface area contributed by atoms with Crippen molar-refractivity contribution in [3.63, 3.8) is 0 Å². The Morgan fingerprint density at radius 3 is 2.78 bits per heavy atom. The molecule has 0 saturated carbocycles. The van der Waals surface area contributed by atoms with Gasteiger partial charge >= 0.3 is 0 Å². The van der Waals surface area contributed by atoms with E-state index >= 15 is 0 Å². The molecule has 94 valence electrons. The molecular formula is C14H12ClFO2. The van der Waals surface area contributed by atoms with Crippen molar-refractivity contribution in [2.24, 2.45) is 0 Å². The maximum absolute atomic E-state index is 13.5. The summed E-state index contributed by atoms with van der Waals surface area (Å²) in [5, 5.41) is 9.87. The monoisotopic (exact) mass is 266 g/mol. The Hall–Kier alpha value is -1.74. The highest BCUT2D eigenvalue weighted by Crippen LogP contribution is 2.27. The maximum Gasteiger partial charge on any atom is 0.131 e. The van der Waals surface area contributed by atoms with Crippen LogP contribution >= 0.6 is 11.6 Å². The van der Waals surface area contributed by atoms with E-state index in [4.69, 9.17) is 16.3 Å². The van der Waals surface area contributed by atoms with Gasteiger partial charge in [-0.2, -0.15) is 0 Å². The summed E-state index contributed by atoms with van der Waals surface area (Å²) < 4.78 is 19.0. The highest BCUT2D eigenvalue weighted by molar-refractivity contribution is 6.30. The average molecular weight is 267 g/mol. The Labute approximate surface area is 110 Å². The topological polar surface area (TPSA) is 29.5 Å². The number of benzene rings is 2. The number of aromatic hydroxyl groups is 1. The SMILES string of the molecule is Cc1c(O)cccc1OCc1ccc(Cl)cc1F. The third-order valence-corrected chi connectivity index (χ3v) is 2.89. The molecule has 0 radical (unpaired) electrons. The number of hydrogen-bond acceptors (Lipinski definition) is 2. The van der Waals surface area contributed by atoms with Crippen molar-refractivity contribution in [3.05, 3.63) is 58.4 Å². The molecule has 0 aliphatic heterocycles. The fourth-order valence-electron chi connectivity index (χ4n) is 1.55. The van der Waals surface area contributed by atoms with Gasteiger partial charge in [0.25, 0.3) is 0 Å². The standard InChI is InChI=1S/C14H12ClFO2/c1-9-13(17)3-2-4-14(9)18-8-10-5-6-11(15)7-12(10)16/h2-7,17H,8H2,1H3. The second-order valence-electron chi connectivity index (χ2n) is 3.92. The lowest BCUT2D eigenvalue weighted by molar-refractivity contribution is 0.296. The first kappa shape index (κ1) is 12.7. The van der Waals surface area contributed by atoms with Crippen molar-refractivity contribution in [1.82, 2.24) is 0 Å². The lowest BCUT2D eigenvalue weighted by Gasteiger charge is -2.10. The summed E-state index contributed by atoms with van der Waals surface area (Å²) in [7, 11) is 0. The van der Waals surface area contributed by atoms with Gasteiger partial charge in [0, 0.05) is 16.1 Å². The quantitative estimate of drug-likeness (QED) is 0.907. The van der Waals surface area contributed by atoms with Gasteiger partial charge in [0.05, 0.1) is 0 Å². The second-order valence-corrected chi connectivity index (χ2v) is 4.36. The molecule has 0 atom stereocenters. The van der Waals surface area contributed by atoms with E-state index in [9.17, 15) is 9.50 Å². The zero-order chi connectivity index (χ0) is 13.1. The molecule has 0 aliphatic carbocycles. The zero-order valence-electron chi connectivity index (χ0n) is 9.78. The number of hydrogen-bond donors (Lipinski definition) is 1. The summed E-state index contributed by atoms with van der Waals surface area (Å²) in [4.78, 5) is 0. The van der Waals surface area contributed by atoms with Crippen LogP contribution in [-0.4, -0.2) is 5.11 Å². The zero-order valence-corrected chi connectivity index (χ0v) is 10.5. The van der Waals surface area contributed by atoms with E-state index in [2.05, 4.69) is 0 Å². The molecule has 2 nitrogen and oxygen atoms in total. The van der Waals surface area contributed by atoms with Gasteiger partial charge < -0.3 is 9.84 Å². The number of rotatable bonds is 3. The molecule has 0 fully saturated rings. The summed E-state index contributed by atoms with van der Waals surface area (Å²) in [5.41, 5.74) is 1.05. The number of phenolic OH excluding ortho intramolecular Hbond substituents is 1. The van der Waals surface area contributed by atoms with Crippen LogP contribution in [0, 0.1) is 12.7 Å². The fraction of sp³-hybridized carbons (Fsp3) is 0.143. The molecule has 0 aromatic heterocycles. The van der Waals surface area contributed by atoms with Crippen LogP contribution in [0.2, 0.25) is 5.02 Å². The molecule has 0 bridgehead atoms. The molecule has 0 unspecified atom stereocenters. The van der Waals surface area contributed by atoms with Gasteiger partial charge in [-0.3, -0.25) is 0 Å². The summed E-state index contributed by atoms with van der Waals surface area (Å²) >= 11 is 5.67. The largest absolute Gasteiger partial charge is 0.508 e. The Bertz CT molecular complexity index is 570. The lowest BCUT2D eigenvalue weighted by atomic mass is 10.2. The molecule has 2 aromatic rings. The molecule has 0 heterocycles. The maximum atomic E-state index is 13.5. The smallest absolute Gasteiger partial charge is 0.131 e. The first-order chi connectivity index (χ1) is 8.58. The summed E-state index contributed by atoms with van der Waals surface area (Å²) in [5.74, 6) is 0.286. The Morgan fingerprint density at radius 2 is 2.06 bits per heavy atom. The van der Waals surface area contributed by atoms with Crippen molar-refractivity contribution < 1.29 is 14.2 Å². The van der Waals surface area contributed by atoms with Crippen LogP contribution in [0.15, 0.2) is 36.4 Å². The average Bonchev–Trinajstić information content (AvgIpc) is 2.33. The highest BCUT2D eigenvalue weighted by Gasteiger charge is 2.07. The van der Waals surface area contributed by atoms with Crippen molar-refractivity contribution >= 4 is 11.6 Å². The predicted molar refractivity (Wildman–Crippen MR) is 68.6 cm³/mol. The van der Waals surface area contributed by atoms with E-state index in [1.165, 1.54) is 6.07 Å². The Kier molecular flexibility index (Phi) is 3.72. The van der Waals surface area contributed by atoms with Gasteiger partial charge in [-0.15, -0.1) is 0 Å². The van der Waals surface area contributed by atoms with Crippen molar-refractivity contribution in [1.29, 1.82) is 0 Å².